The molecule has 3 aromatic rings. The van der Waals surface area contributed by atoms with Crippen LogP contribution in [0.25, 0.3) is 11.0 Å². The summed E-state index contributed by atoms with van der Waals surface area (Å²) in [5.74, 6) is 2.48. The normalized spacial score (nSPS) is 13.9. The van der Waals surface area contributed by atoms with Crippen LogP contribution >= 0.6 is 0 Å². The number of hydrogen-bond donors (Lipinski definition) is 1. The van der Waals surface area contributed by atoms with Crippen molar-refractivity contribution in [1.82, 2.24) is 29.7 Å². The van der Waals surface area contributed by atoms with Crippen molar-refractivity contribution >= 4 is 16.9 Å². The molecular weight excluding hydrogens is 314 g/mol. The first-order valence-corrected chi connectivity index (χ1v) is 8.87. The van der Waals surface area contributed by atoms with E-state index in [2.05, 4.69) is 27.3 Å². The predicted octanol–water partition coefficient (Wildman–Crippen LogP) is 2.30. The van der Waals surface area contributed by atoms with Crippen LogP contribution in [-0.4, -0.2) is 36.3 Å². The molecule has 0 aromatic carbocycles. The Morgan fingerprint density at radius 2 is 1.92 bits per heavy atom. The van der Waals surface area contributed by atoms with Crippen molar-refractivity contribution in [2.45, 2.75) is 46.0 Å². The maximum absolute atomic E-state index is 4.79. The molecule has 3 heterocycles. The van der Waals surface area contributed by atoms with Crippen molar-refractivity contribution in [2.24, 2.45) is 7.05 Å². The van der Waals surface area contributed by atoms with Crippen LogP contribution in [0.4, 0.5) is 5.82 Å². The second kappa shape index (κ2) is 6.38. The highest BCUT2D eigenvalue weighted by molar-refractivity contribution is 5.86. The van der Waals surface area contributed by atoms with E-state index in [0.29, 0.717) is 0 Å². The molecule has 0 atom stereocenters. The average Bonchev–Trinajstić information content (AvgIpc) is 2.96. The Labute approximate surface area is 146 Å². The predicted molar refractivity (Wildman–Crippen MR) is 96.6 cm³/mol. The van der Waals surface area contributed by atoms with Crippen molar-refractivity contribution < 1.29 is 0 Å². The summed E-state index contributed by atoms with van der Waals surface area (Å²) in [6.45, 7) is 4.74. The Morgan fingerprint density at radius 3 is 2.80 bits per heavy atom. The van der Waals surface area contributed by atoms with E-state index in [-0.39, 0.29) is 0 Å². The summed E-state index contributed by atoms with van der Waals surface area (Å²) < 4.78 is 1.77. The molecule has 0 aliphatic heterocycles. The van der Waals surface area contributed by atoms with Gasteiger partial charge in [0.1, 0.15) is 17.5 Å². The van der Waals surface area contributed by atoms with Crippen LogP contribution in [0.15, 0.2) is 6.20 Å². The van der Waals surface area contributed by atoms with Crippen LogP contribution in [0.3, 0.4) is 0 Å². The second-order valence-corrected chi connectivity index (χ2v) is 6.66. The van der Waals surface area contributed by atoms with Gasteiger partial charge in [-0.3, -0.25) is 4.68 Å². The highest BCUT2D eigenvalue weighted by Crippen LogP contribution is 2.22. The number of anilines is 1. The third kappa shape index (κ3) is 3.06. The highest BCUT2D eigenvalue weighted by atomic mass is 15.3. The molecule has 3 aromatic heterocycles. The summed E-state index contributed by atoms with van der Waals surface area (Å²) in [5.41, 5.74) is 4.61. The molecule has 7 heteroatoms. The zero-order chi connectivity index (χ0) is 17.4. The summed E-state index contributed by atoms with van der Waals surface area (Å²) in [7, 11) is 1.89. The molecule has 0 amide bonds. The Balaban J connectivity index is 1.51. The molecular formula is C18H23N7. The molecule has 0 radical (unpaired) electrons. The van der Waals surface area contributed by atoms with Crippen molar-refractivity contribution in [3.8, 4) is 0 Å². The van der Waals surface area contributed by atoms with E-state index in [1.165, 1.54) is 24.1 Å². The molecule has 1 N–H and O–H groups in total. The van der Waals surface area contributed by atoms with Gasteiger partial charge in [0.15, 0.2) is 5.65 Å². The number of hydrogen-bond acceptors (Lipinski definition) is 6. The van der Waals surface area contributed by atoms with E-state index < -0.39 is 0 Å². The van der Waals surface area contributed by atoms with Gasteiger partial charge in [-0.05, 0) is 45.1 Å². The fraction of sp³-hybridized carbons (Fsp3) is 0.500. The van der Waals surface area contributed by atoms with E-state index in [1.54, 1.807) is 10.9 Å². The lowest BCUT2D eigenvalue weighted by atomic mass is 9.95. The first-order valence-electron chi connectivity index (χ1n) is 8.87. The van der Waals surface area contributed by atoms with Crippen molar-refractivity contribution in [3.05, 3.63) is 34.8 Å². The molecule has 0 spiro atoms. The Bertz CT molecular complexity index is 929. The van der Waals surface area contributed by atoms with E-state index >= 15 is 0 Å². The lowest BCUT2D eigenvalue weighted by molar-refractivity contribution is 0.647. The van der Waals surface area contributed by atoms with Crippen molar-refractivity contribution in [2.75, 3.05) is 11.9 Å². The zero-order valence-electron chi connectivity index (χ0n) is 15.0. The molecule has 0 saturated heterocycles. The number of rotatable bonds is 4. The fourth-order valence-electron chi connectivity index (χ4n) is 3.51. The van der Waals surface area contributed by atoms with Crippen LogP contribution < -0.4 is 5.32 Å². The number of fused-ring (bicyclic) bond motifs is 2. The molecule has 4 rings (SSSR count). The van der Waals surface area contributed by atoms with Gasteiger partial charge in [-0.25, -0.2) is 19.9 Å². The number of aromatic nitrogens is 6. The Kier molecular flexibility index (Phi) is 4.07. The lowest BCUT2D eigenvalue weighted by Gasteiger charge is -2.17. The zero-order valence-corrected chi connectivity index (χ0v) is 15.0. The van der Waals surface area contributed by atoms with Crippen molar-refractivity contribution in [3.63, 3.8) is 0 Å². The van der Waals surface area contributed by atoms with Gasteiger partial charge in [-0.1, -0.05) is 0 Å². The van der Waals surface area contributed by atoms with E-state index in [9.17, 15) is 0 Å². The van der Waals surface area contributed by atoms with Gasteiger partial charge in [-0.2, -0.15) is 5.10 Å². The molecule has 0 fully saturated rings. The van der Waals surface area contributed by atoms with E-state index in [4.69, 9.17) is 9.97 Å². The third-order valence-electron chi connectivity index (χ3n) is 4.78. The van der Waals surface area contributed by atoms with Crippen LogP contribution in [0.1, 0.15) is 41.4 Å². The summed E-state index contributed by atoms with van der Waals surface area (Å²) in [6, 6.07) is 0. The molecule has 1 aliphatic carbocycles. The minimum Gasteiger partial charge on any atom is -0.369 e. The Hall–Kier alpha value is -2.57. The molecule has 7 nitrogen and oxygen atoms in total. The number of aryl methyl sites for hydroxylation is 4. The van der Waals surface area contributed by atoms with Crippen molar-refractivity contribution in [1.29, 1.82) is 0 Å². The second-order valence-electron chi connectivity index (χ2n) is 6.66. The van der Waals surface area contributed by atoms with E-state index in [1.807, 2.05) is 14.0 Å². The van der Waals surface area contributed by atoms with Gasteiger partial charge < -0.3 is 5.32 Å². The first kappa shape index (κ1) is 15.9. The fourth-order valence-corrected chi connectivity index (χ4v) is 3.51. The average molecular weight is 337 g/mol. The monoisotopic (exact) mass is 337 g/mol. The van der Waals surface area contributed by atoms with Gasteiger partial charge in [0.05, 0.1) is 11.6 Å². The van der Waals surface area contributed by atoms with Gasteiger partial charge >= 0.3 is 0 Å². The number of nitrogens with one attached hydrogen (secondary N) is 1. The van der Waals surface area contributed by atoms with Crippen LogP contribution in [-0.2, 0) is 26.3 Å². The minimum atomic E-state index is 0.735. The van der Waals surface area contributed by atoms with Crippen LogP contribution in [0, 0.1) is 13.8 Å². The summed E-state index contributed by atoms with van der Waals surface area (Å²) in [6.07, 6.45) is 7.28. The largest absolute Gasteiger partial charge is 0.369 e. The van der Waals surface area contributed by atoms with E-state index in [0.717, 1.165) is 60.0 Å². The molecule has 25 heavy (non-hydrogen) atoms. The van der Waals surface area contributed by atoms with Crippen LogP contribution in [0.5, 0.6) is 0 Å². The quantitative estimate of drug-likeness (QED) is 0.787. The van der Waals surface area contributed by atoms with Gasteiger partial charge in [0, 0.05) is 31.4 Å². The first-order chi connectivity index (χ1) is 12.1. The Morgan fingerprint density at radius 1 is 1.08 bits per heavy atom. The molecule has 0 saturated carbocycles. The molecule has 0 bridgehead atoms. The van der Waals surface area contributed by atoms with Gasteiger partial charge in [-0.15, -0.1) is 0 Å². The summed E-state index contributed by atoms with van der Waals surface area (Å²) >= 11 is 0. The molecule has 130 valence electrons. The smallest absolute Gasteiger partial charge is 0.163 e. The highest BCUT2D eigenvalue weighted by Gasteiger charge is 2.15. The maximum atomic E-state index is 4.79. The minimum absolute atomic E-state index is 0.735. The third-order valence-corrected chi connectivity index (χ3v) is 4.78. The summed E-state index contributed by atoms with van der Waals surface area (Å²) in [5, 5.41) is 8.62. The van der Waals surface area contributed by atoms with Gasteiger partial charge in [0.2, 0.25) is 0 Å². The molecule has 1 aliphatic rings. The summed E-state index contributed by atoms with van der Waals surface area (Å²) in [4.78, 5) is 18.5. The topological polar surface area (TPSA) is 81.4 Å². The van der Waals surface area contributed by atoms with Crippen LogP contribution in [0.2, 0.25) is 0 Å². The lowest BCUT2D eigenvalue weighted by Crippen LogP contribution is -2.15. The SMILES string of the molecule is Cc1nc(NCCc2nc(C)c3c(n2)CCCC3)c2cnn(C)c2n1. The number of nitrogens with zero attached hydrogens (tertiary/aromatic N) is 6. The van der Waals surface area contributed by atoms with Gasteiger partial charge in [0.25, 0.3) is 0 Å². The molecule has 0 unspecified atom stereocenters. The standard InChI is InChI=1S/C18H23N7/c1-11-13-6-4-5-7-15(13)24-16(21-11)8-9-19-17-14-10-20-25(3)18(14)23-12(2)22-17/h10H,4-9H2,1-3H3,(H,19,22,23). The maximum Gasteiger partial charge on any atom is 0.163 e.